The number of carbonyl (C=O) groups is 2. The molecule has 0 saturated carbocycles. The fourth-order valence-electron chi connectivity index (χ4n) is 2.62. The molecule has 152 valence electrons. The minimum absolute atomic E-state index is 0.149. The molecule has 0 unspecified atom stereocenters. The molecule has 0 spiro atoms. The zero-order valence-corrected chi connectivity index (χ0v) is 18.1. The Bertz CT molecular complexity index is 1010. The molecule has 3 aromatic rings. The van der Waals surface area contributed by atoms with E-state index in [1.54, 1.807) is 12.3 Å². The summed E-state index contributed by atoms with van der Waals surface area (Å²) in [5.74, 6) is 0.537. The number of hydrogen-bond acceptors (Lipinski definition) is 7. The molecule has 2 heterocycles. The van der Waals surface area contributed by atoms with Crippen molar-refractivity contribution in [2.24, 2.45) is 0 Å². The van der Waals surface area contributed by atoms with E-state index < -0.39 is 0 Å². The number of aromatic nitrogens is 4. The Morgan fingerprint density at radius 2 is 2.07 bits per heavy atom. The number of carbonyl (C=O) groups excluding carboxylic acids is 2. The number of hydrogen-bond donors (Lipinski definition) is 2. The second-order valence-corrected chi connectivity index (χ2v) is 8.49. The lowest BCUT2D eigenvalue weighted by molar-refractivity contribution is -0.113. The van der Waals surface area contributed by atoms with E-state index in [1.165, 1.54) is 23.1 Å². The Morgan fingerprint density at radius 1 is 1.24 bits per heavy atom. The van der Waals surface area contributed by atoms with Crippen LogP contribution in [0.15, 0.2) is 35.6 Å². The van der Waals surface area contributed by atoms with Gasteiger partial charge in [0.1, 0.15) is 0 Å². The number of amides is 2. The minimum atomic E-state index is -0.160. The third-order valence-corrected chi connectivity index (χ3v) is 5.79. The van der Waals surface area contributed by atoms with E-state index in [4.69, 9.17) is 0 Å². The summed E-state index contributed by atoms with van der Waals surface area (Å²) in [6.45, 7) is 6.75. The van der Waals surface area contributed by atoms with Gasteiger partial charge in [0.05, 0.1) is 12.3 Å². The molecular weight excluding hydrogens is 408 g/mol. The maximum absolute atomic E-state index is 12.3. The van der Waals surface area contributed by atoms with Crippen LogP contribution < -0.4 is 10.6 Å². The molecule has 2 N–H and O–H groups in total. The fourth-order valence-corrected chi connectivity index (χ4v) is 4.12. The van der Waals surface area contributed by atoms with E-state index in [-0.39, 0.29) is 24.1 Å². The molecule has 29 heavy (non-hydrogen) atoms. The van der Waals surface area contributed by atoms with E-state index >= 15 is 0 Å². The van der Waals surface area contributed by atoms with Crippen molar-refractivity contribution in [1.82, 2.24) is 25.1 Å². The van der Waals surface area contributed by atoms with Crippen molar-refractivity contribution in [3.63, 3.8) is 0 Å². The second-order valence-electron chi connectivity index (χ2n) is 6.31. The van der Waals surface area contributed by atoms with Crippen LogP contribution in [0.25, 0.3) is 0 Å². The number of thioether (sulfide) groups is 1. The van der Waals surface area contributed by atoms with Crippen molar-refractivity contribution in [1.29, 1.82) is 0 Å². The first kappa shape index (κ1) is 21.0. The summed E-state index contributed by atoms with van der Waals surface area (Å²) in [5, 5.41) is 15.2. The monoisotopic (exact) mass is 430 g/mol. The predicted molar refractivity (Wildman–Crippen MR) is 114 cm³/mol. The van der Waals surface area contributed by atoms with Gasteiger partial charge in [0.2, 0.25) is 5.91 Å². The van der Waals surface area contributed by atoms with Gasteiger partial charge in [0.25, 0.3) is 5.91 Å². The van der Waals surface area contributed by atoms with E-state index in [2.05, 4.69) is 25.8 Å². The van der Waals surface area contributed by atoms with E-state index in [9.17, 15) is 9.59 Å². The number of rotatable bonds is 8. The van der Waals surface area contributed by atoms with Crippen LogP contribution in [0.4, 0.5) is 5.13 Å². The number of nitrogens with one attached hydrogen (secondary N) is 2. The van der Waals surface area contributed by atoms with Crippen LogP contribution in [-0.4, -0.2) is 37.3 Å². The maximum atomic E-state index is 12.3. The third kappa shape index (κ3) is 5.64. The topological polar surface area (TPSA) is 102 Å². The van der Waals surface area contributed by atoms with Crippen LogP contribution >= 0.6 is 23.1 Å². The first-order valence-corrected chi connectivity index (χ1v) is 10.9. The summed E-state index contributed by atoms with van der Waals surface area (Å²) in [5.41, 5.74) is 1.63. The standard InChI is InChI=1S/C19H22N6O2S2/c1-4-25-15(10-20-17(27)14-7-5-6-12(2)8-14)23-24-19(25)28-11-16(26)22-18-21-9-13(3)29-18/h5-9H,4,10-11H2,1-3H3,(H,20,27)(H,21,22,26). The zero-order chi connectivity index (χ0) is 20.8. The number of nitrogens with zero attached hydrogens (tertiary/aromatic N) is 4. The van der Waals surface area contributed by atoms with Crippen molar-refractivity contribution in [2.45, 2.75) is 39.0 Å². The van der Waals surface area contributed by atoms with Crippen LogP contribution in [0, 0.1) is 13.8 Å². The number of aryl methyl sites for hydroxylation is 2. The van der Waals surface area contributed by atoms with Gasteiger partial charge in [0, 0.05) is 23.2 Å². The SMILES string of the molecule is CCn1c(CNC(=O)c2cccc(C)c2)nnc1SCC(=O)Nc1ncc(C)s1. The smallest absolute Gasteiger partial charge is 0.251 e. The Morgan fingerprint density at radius 3 is 2.76 bits per heavy atom. The average molecular weight is 431 g/mol. The first-order valence-electron chi connectivity index (χ1n) is 9.08. The van der Waals surface area contributed by atoms with Gasteiger partial charge in [-0.1, -0.05) is 29.5 Å². The lowest BCUT2D eigenvalue weighted by atomic mass is 10.1. The number of benzene rings is 1. The lowest BCUT2D eigenvalue weighted by Gasteiger charge is -2.09. The molecule has 0 bridgehead atoms. The summed E-state index contributed by atoms with van der Waals surface area (Å²) < 4.78 is 1.89. The van der Waals surface area contributed by atoms with Crippen molar-refractivity contribution >= 4 is 40.0 Å². The van der Waals surface area contributed by atoms with Gasteiger partial charge in [0.15, 0.2) is 16.1 Å². The summed E-state index contributed by atoms with van der Waals surface area (Å²) >= 11 is 2.73. The molecule has 10 heteroatoms. The molecule has 8 nitrogen and oxygen atoms in total. The Kier molecular flexibility index (Phi) is 6.99. The molecule has 2 amide bonds. The van der Waals surface area contributed by atoms with Crippen LogP contribution in [-0.2, 0) is 17.9 Å². The van der Waals surface area contributed by atoms with Gasteiger partial charge in [-0.25, -0.2) is 4.98 Å². The molecule has 0 radical (unpaired) electrons. The molecular formula is C19H22N6O2S2. The first-order chi connectivity index (χ1) is 14.0. The minimum Gasteiger partial charge on any atom is -0.345 e. The normalized spacial score (nSPS) is 10.7. The quantitative estimate of drug-likeness (QED) is 0.533. The van der Waals surface area contributed by atoms with Gasteiger partial charge in [-0.15, -0.1) is 21.5 Å². The Labute approximate surface area is 177 Å². The lowest BCUT2D eigenvalue weighted by Crippen LogP contribution is -2.25. The van der Waals surface area contributed by atoms with Crippen LogP contribution in [0.2, 0.25) is 0 Å². The Balaban J connectivity index is 1.56. The highest BCUT2D eigenvalue weighted by Gasteiger charge is 2.15. The molecule has 0 aliphatic heterocycles. The third-order valence-electron chi connectivity index (χ3n) is 4.00. The summed E-state index contributed by atoms with van der Waals surface area (Å²) in [4.78, 5) is 29.6. The van der Waals surface area contributed by atoms with E-state index in [1.807, 2.05) is 43.5 Å². The molecule has 1 aromatic carbocycles. The highest BCUT2D eigenvalue weighted by Crippen LogP contribution is 2.20. The highest BCUT2D eigenvalue weighted by atomic mass is 32.2. The summed E-state index contributed by atoms with van der Waals surface area (Å²) in [6.07, 6.45) is 1.72. The van der Waals surface area contributed by atoms with Crippen LogP contribution in [0.1, 0.15) is 33.5 Å². The van der Waals surface area contributed by atoms with Gasteiger partial charge in [-0.2, -0.15) is 0 Å². The average Bonchev–Trinajstić information content (AvgIpc) is 3.29. The summed E-state index contributed by atoms with van der Waals surface area (Å²) in [7, 11) is 0. The molecule has 0 aliphatic rings. The molecule has 3 rings (SSSR count). The Hall–Kier alpha value is -2.72. The molecule has 2 aromatic heterocycles. The van der Waals surface area contributed by atoms with Crippen LogP contribution in [0.3, 0.4) is 0 Å². The molecule has 0 atom stereocenters. The van der Waals surface area contributed by atoms with Gasteiger partial charge in [-0.05, 0) is 32.9 Å². The van der Waals surface area contributed by atoms with Crippen molar-refractivity contribution in [3.05, 3.63) is 52.3 Å². The largest absolute Gasteiger partial charge is 0.345 e. The van der Waals surface area contributed by atoms with Gasteiger partial charge < -0.3 is 15.2 Å². The van der Waals surface area contributed by atoms with Crippen LogP contribution in [0.5, 0.6) is 0 Å². The van der Waals surface area contributed by atoms with E-state index in [0.717, 1.165) is 10.4 Å². The van der Waals surface area contributed by atoms with Gasteiger partial charge >= 0.3 is 0 Å². The molecule has 0 saturated heterocycles. The van der Waals surface area contributed by atoms with Crippen molar-refractivity contribution in [3.8, 4) is 0 Å². The molecule has 0 aliphatic carbocycles. The number of anilines is 1. The zero-order valence-electron chi connectivity index (χ0n) is 16.4. The predicted octanol–water partition coefficient (Wildman–Crippen LogP) is 3.03. The highest BCUT2D eigenvalue weighted by molar-refractivity contribution is 7.99. The van der Waals surface area contributed by atoms with E-state index in [0.29, 0.717) is 28.2 Å². The molecule has 0 fully saturated rings. The number of thiazole rings is 1. The van der Waals surface area contributed by atoms with Crippen molar-refractivity contribution < 1.29 is 9.59 Å². The summed E-state index contributed by atoms with van der Waals surface area (Å²) in [6, 6.07) is 7.41. The maximum Gasteiger partial charge on any atom is 0.251 e. The second kappa shape index (κ2) is 9.66. The van der Waals surface area contributed by atoms with Gasteiger partial charge in [-0.3, -0.25) is 9.59 Å². The fraction of sp³-hybridized carbons (Fsp3) is 0.316. The van der Waals surface area contributed by atoms with Crippen molar-refractivity contribution in [2.75, 3.05) is 11.1 Å².